The van der Waals surface area contributed by atoms with Gasteiger partial charge in [0.2, 0.25) is 0 Å². The predicted octanol–water partition coefficient (Wildman–Crippen LogP) is 3.72. The zero-order chi connectivity index (χ0) is 12.6. The standard InChI is InChI=1S/C15H17NOS/c1-13-15(18-12-16-13)9-11-17-10-5-8-14-6-3-2-4-7-14/h2-8,12H,9-11H2,1H3. The molecule has 3 heteroatoms. The molecule has 1 aromatic carbocycles. The first-order chi connectivity index (χ1) is 8.86. The van der Waals surface area contributed by atoms with Crippen LogP contribution < -0.4 is 0 Å². The van der Waals surface area contributed by atoms with E-state index >= 15 is 0 Å². The molecule has 0 aliphatic heterocycles. The second-order valence-corrected chi connectivity index (χ2v) is 4.94. The van der Waals surface area contributed by atoms with Gasteiger partial charge in [0.25, 0.3) is 0 Å². The topological polar surface area (TPSA) is 22.1 Å². The van der Waals surface area contributed by atoms with Crippen LogP contribution in [0.4, 0.5) is 0 Å². The quantitative estimate of drug-likeness (QED) is 0.738. The maximum Gasteiger partial charge on any atom is 0.0797 e. The molecule has 0 amide bonds. The molecule has 2 nitrogen and oxygen atoms in total. The van der Waals surface area contributed by atoms with Crippen molar-refractivity contribution < 1.29 is 4.74 Å². The van der Waals surface area contributed by atoms with Crippen molar-refractivity contribution in [3.05, 3.63) is 58.1 Å². The number of benzene rings is 1. The van der Waals surface area contributed by atoms with Crippen LogP contribution in [0, 0.1) is 6.92 Å². The van der Waals surface area contributed by atoms with E-state index < -0.39 is 0 Å². The summed E-state index contributed by atoms with van der Waals surface area (Å²) in [4.78, 5) is 5.54. The van der Waals surface area contributed by atoms with Crippen LogP contribution in [0.3, 0.4) is 0 Å². The molecule has 0 spiro atoms. The van der Waals surface area contributed by atoms with E-state index in [2.05, 4.69) is 29.3 Å². The highest BCUT2D eigenvalue weighted by atomic mass is 32.1. The number of aryl methyl sites for hydroxylation is 1. The Morgan fingerprint density at radius 2 is 2.11 bits per heavy atom. The van der Waals surface area contributed by atoms with Crippen LogP contribution in [0.25, 0.3) is 6.08 Å². The van der Waals surface area contributed by atoms with E-state index in [1.54, 1.807) is 11.3 Å². The van der Waals surface area contributed by atoms with Crippen molar-refractivity contribution in [1.82, 2.24) is 4.98 Å². The zero-order valence-corrected chi connectivity index (χ0v) is 11.3. The van der Waals surface area contributed by atoms with Crippen molar-refractivity contribution in [2.24, 2.45) is 0 Å². The number of aromatic nitrogens is 1. The third kappa shape index (κ3) is 4.09. The first-order valence-corrected chi connectivity index (χ1v) is 6.92. The van der Waals surface area contributed by atoms with Crippen molar-refractivity contribution >= 4 is 17.4 Å². The Morgan fingerprint density at radius 3 is 2.83 bits per heavy atom. The van der Waals surface area contributed by atoms with E-state index in [1.165, 1.54) is 10.4 Å². The monoisotopic (exact) mass is 259 g/mol. The summed E-state index contributed by atoms with van der Waals surface area (Å²) >= 11 is 1.70. The van der Waals surface area contributed by atoms with Crippen LogP contribution in [-0.4, -0.2) is 18.2 Å². The highest BCUT2D eigenvalue weighted by Crippen LogP contribution is 2.12. The van der Waals surface area contributed by atoms with Gasteiger partial charge >= 0.3 is 0 Å². The summed E-state index contributed by atoms with van der Waals surface area (Å²) in [6.07, 6.45) is 5.09. The molecule has 0 radical (unpaired) electrons. The average Bonchev–Trinajstić information content (AvgIpc) is 2.81. The molecule has 0 saturated carbocycles. The van der Waals surface area contributed by atoms with Gasteiger partial charge in [-0.3, -0.25) is 0 Å². The summed E-state index contributed by atoms with van der Waals surface area (Å²) in [7, 11) is 0. The Labute approximate surface area is 112 Å². The Bertz CT molecular complexity index is 490. The van der Waals surface area contributed by atoms with Crippen molar-refractivity contribution in [1.29, 1.82) is 0 Å². The lowest BCUT2D eigenvalue weighted by Crippen LogP contribution is -1.98. The molecule has 0 unspecified atom stereocenters. The minimum Gasteiger partial charge on any atom is -0.377 e. The third-order valence-electron chi connectivity index (χ3n) is 2.64. The number of hydrogen-bond acceptors (Lipinski definition) is 3. The van der Waals surface area contributed by atoms with Gasteiger partial charge < -0.3 is 4.74 Å². The molecule has 94 valence electrons. The van der Waals surface area contributed by atoms with Crippen LogP contribution in [0.15, 0.2) is 41.9 Å². The van der Waals surface area contributed by atoms with Gasteiger partial charge in [-0.25, -0.2) is 4.98 Å². The predicted molar refractivity (Wildman–Crippen MR) is 76.9 cm³/mol. The molecule has 1 heterocycles. The number of rotatable bonds is 6. The van der Waals surface area contributed by atoms with E-state index in [0.29, 0.717) is 6.61 Å². The summed E-state index contributed by atoms with van der Waals surface area (Å²) in [5, 5.41) is 0. The van der Waals surface area contributed by atoms with E-state index in [-0.39, 0.29) is 0 Å². The lowest BCUT2D eigenvalue weighted by Gasteiger charge is -2.00. The Kier molecular flexibility index (Phi) is 5.12. The third-order valence-corrected chi connectivity index (χ3v) is 3.64. The largest absolute Gasteiger partial charge is 0.377 e. The minimum atomic E-state index is 0.659. The molecule has 0 atom stereocenters. The number of thiazole rings is 1. The van der Waals surface area contributed by atoms with E-state index in [0.717, 1.165) is 18.7 Å². The Morgan fingerprint density at radius 1 is 1.28 bits per heavy atom. The fourth-order valence-electron chi connectivity index (χ4n) is 1.63. The molecule has 2 rings (SSSR count). The van der Waals surface area contributed by atoms with E-state index in [4.69, 9.17) is 4.74 Å². The first kappa shape index (κ1) is 13.0. The van der Waals surface area contributed by atoms with Crippen LogP contribution in [-0.2, 0) is 11.2 Å². The van der Waals surface area contributed by atoms with E-state index in [1.807, 2.05) is 30.6 Å². The van der Waals surface area contributed by atoms with Crippen molar-refractivity contribution in [2.45, 2.75) is 13.3 Å². The van der Waals surface area contributed by atoms with Gasteiger partial charge in [0.15, 0.2) is 0 Å². The molecule has 1 aromatic heterocycles. The summed E-state index contributed by atoms with van der Waals surface area (Å²) in [5.41, 5.74) is 4.22. The summed E-state index contributed by atoms with van der Waals surface area (Å²) in [5.74, 6) is 0. The van der Waals surface area contributed by atoms with Gasteiger partial charge in [-0.15, -0.1) is 11.3 Å². The van der Waals surface area contributed by atoms with Crippen molar-refractivity contribution in [3.8, 4) is 0 Å². The maximum atomic E-state index is 5.58. The molecule has 2 aromatic rings. The fraction of sp³-hybridized carbons (Fsp3) is 0.267. The smallest absolute Gasteiger partial charge is 0.0797 e. The second-order valence-electron chi connectivity index (χ2n) is 4.00. The second kappa shape index (κ2) is 7.09. The zero-order valence-electron chi connectivity index (χ0n) is 10.5. The van der Waals surface area contributed by atoms with Gasteiger partial charge in [0, 0.05) is 11.3 Å². The average molecular weight is 259 g/mol. The molecular weight excluding hydrogens is 242 g/mol. The van der Waals surface area contributed by atoms with Gasteiger partial charge in [-0.2, -0.15) is 0 Å². The minimum absolute atomic E-state index is 0.659. The molecule has 0 aliphatic rings. The highest BCUT2D eigenvalue weighted by molar-refractivity contribution is 7.09. The summed E-state index contributed by atoms with van der Waals surface area (Å²) in [6, 6.07) is 10.2. The number of ether oxygens (including phenoxy) is 1. The van der Waals surface area contributed by atoms with Crippen LogP contribution in [0.1, 0.15) is 16.1 Å². The maximum absolute atomic E-state index is 5.58. The van der Waals surface area contributed by atoms with Crippen LogP contribution in [0.2, 0.25) is 0 Å². The molecule has 0 saturated heterocycles. The Hall–Kier alpha value is -1.45. The normalized spacial score (nSPS) is 11.2. The van der Waals surface area contributed by atoms with Gasteiger partial charge in [0.05, 0.1) is 24.4 Å². The molecule has 0 N–H and O–H groups in total. The van der Waals surface area contributed by atoms with Gasteiger partial charge in [-0.1, -0.05) is 42.5 Å². The first-order valence-electron chi connectivity index (χ1n) is 6.04. The molecule has 0 fully saturated rings. The molecular formula is C15H17NOS. The molecule has 0 aliphatic carbocycles. The number of nitrogens with zero attached hydrogens (tertiary/aromatic N) is 1. The molecule has 18 heavy (non-hydrogen) atoms. The van der Waals surface area contributed by atoms with Crippen LogP contribution >= 0.6 is 11.3 Å². The lowest BCUT2D eigenvalue weighted by molar-refractivity contribution is 0.166. The number of hydrogen-bond donors (Lipinski definition) is 0. The summed E-state index contributed by atoms with van der Waals surface area (Å²) in [6.45, 7) is 3.45. The van der Waals surface area contributed by atoms with Crippen LogP contribution in [0.5, 0.6) is 0 Å². The van der Waals surface area contributed by atoms with E-state index in [9.17, 15) is 0 Å². The Balaban J connectivity index is 1.65. The highest BCUT2D eigenvalue weighted by Gasteiger charge is 1.99. The lowest BCUT2D eigenvalue weighted by atomic mass is 10.2. The molecule has 0 bridgehead atoms. The van der Waals surface area contributed by atoms with Crippen molar-refractivity contribution in [2.75, 3.05) is 13.2 Å². The SMILES string of the molecule is Cc1ncsc1CCOCC=Cc1ccccc1. The van der Waals surface area contributed by atoms with Crippen molar-refractivity contribution in [3.63, 3.8) is 0 Å². The fourth-order valence-corrected chi connectivity index (χ4v) is 2.39. The van der Waals surface area contributed by atoms with Gasteiger partial charge in [0.1, 0.15) is 0 Å². The summed E-state index contributed by atoms with van der Waals surface area (Å²) < 4.78 is 5.58. The van der Waals surface area contributed by atoms with Gasteiger partial charge in [-0.05, 0) is 12.5 Å².